The molecule has 3 atom stereocenters. The van der Waals surface area contributed by atoms with E-state index in [1.807, 2.05) is 0 Å². The molecule has 0 bridgehead atoms. The van der Waals surface area contributed by atoms with Gasteiger partial charge in [0.2, 0.25) is 5.91 Å². The first-order valence-electron chi connectivity index (χ1n) is 5.57. The van der Waals surface area contributed by atoms with Gasteiger partial charge in [0.25, 0.3) is 0 Å². The van der Waals surface area contributed by atoms with Crippen LogP contribution >= 0.6 is 0 Å². The molecule has 14 heavy (non-hydrogen) atoms. The van der Waals surface area contributed by atoms with Crippen LogP contribution in [-0.4, -0.2) is 25.5 Å². The molecule has 0 aromatic carbocycles. The molecular weight excluding hydrogens is 176 g/mol. The summed E-state index contributed by atoms with van der Waals surface area (Å²) in [7, 11) is 1.68. The third-order valence-electron chi connectivity index (χ3n) is 3.24. The Kier molecular flexibility index (Phi) is 4.39. The number of hydrogen-bond acceptors (Lipinski definition) is 2. The summed E-state index contributed by atoms with van der Waals surface area (Å²) in [6.07, 6.45) is 3.78. The Bertz CT molecular complexity index is 194. The molecule has 0 aliphatic heterocycles. The van der Waals surface area contributed by atoms with E-state index in [4.69, 9.17) is 0 Å². The summed E-state index contributed by atoms with van der Waals surface area (Å²) in [5.41, 5.74) is 0. The summed E-state index contributed by atoms with van der Waals surface area (Å²) in [6.45, 7) is 5.04. The standard InChI is InChI=1S/C11H22N2O/c1-8-4-5-10(9(2)6-8)13-7-11(14)12-3/h8-10,13H,4-7H2,1-3H3,(H,12,14). The van der Waals surface area contributed by atoms with E-state index >= 15 is 0 Å². The van der Waals surface area contributed by atoms with Crippen molar-refractivity contribution in [3.63, 3.8) is 0 Å². The van der Waals surface area contributed by atoms with E-state index in [1.54, 1.807) is 7.05 Å². The van der Waals surface area contributed by atoms with Crippen molar-refractivity contribution in [2.75, 3.05) is 13.6 Å². The molecule has 0 radical (unpaired) electrons. The van der Waals surface area contributed by atoms with E-state index in [0.29, 0.717) is 18.5 Å². The fourth-order valence-electron chi connectivity index (χ4n) is 2.28. The smallest absolute Gasteiger partial charge is 0.233 e. The molecule has 82 valence electrons. The molecule has 1 rings (SSSR count). The zero-order chi connectivity index (χ0) is 10.6. The van der Waals surface area contributed by atoms with Crippen LogP contribution in [0, 0.1) is 11.8 Å². The number of likely N-dealkylation sites (N-methyl/N-ethyl adjacent to an activating group) is 1. The van der Waals surface area contributed by atoms with Crippen molar-refractivity contribution in [3.05, 3.63) is 0 Å². The van der Waals surface area contributed by atoms with Gasteiger partial charge in [-0.05, 0) is 31.1 Å². The molecule has 0 saturated heterocycles. The van der Waals surface area contributed by atoms with Crippen LogP contribution < -0.4 is 10.6 Å². The second kappa shape index (κ2) is 5.35. The number of amides is 1. The fourth-order valence-corrected chi connectivity index (χ4v) is 2.28. The molecule has 0 spiro atoms. The predicted octanol–water partition coefficient (Wildman–Crippen LogP) is 1.15. The van der Waals surface area contributed by atoms with Crippen LogP contribution in [0.25, 0.3) is 0 Å². The lowest BCUT2D eigenvalue weighted by atomic mass is 9.80. The van der Waals surface area contributed by atoms with Gasteiger partial charge in [-0.3, -0.25) is 4.79 Å². The molecule has 1 aliphatic rings. The van der Waals surface area contributed by atoms with Gasteiger partial charge in [-0.15, -0.1) is 0 Å². The molecule has 1 aliphatic carbocycles. The van der Waals surface area contributed by atoms with Gasteiger partial charge in [-0.1, -0.05) is 13.8 Å². The zero-order valence-corrected chi connectivity index (χ0v) is 9.47. The normalized spacial score (nSPS) is 32.6. The molecule has 1 fully saturated rings. The maximum atomic E-state index is 11.1. The molecular formula is C11H22N2O. The molecule has 3 heteroatoms. The Hall–Kier alpha value is -0.570. The molecule has 0 heterocycles. The molecule has 0 aromatic heterocycles. The van der Waals surface area contributed by atoms with Gasteiger partial charge in [-0.25, -0.2) is 0 Å². The number of hydrogen-bond donors (Lipinski definition) is 2. The first kappa shape index (κ1) is 11.5. The Morgan fingerprint density at radius 3 is 2.64 bits per heavy atom. The summed E-state index contributed by atoms with van der Waals surface area (Å²) in [6, 6.07) is 0.531. The van der Waals surface area contributed by atoms with Crippen molar-refractivity contribution in [1.82, 2.24) is 10.6 Å². The highest BCUT2D eigenvalue weighted by Crippen LogP contribution is 2.28. The van der Waals surface area contributed by atoms with Gasteiger partial charge in [0.05, 0.1) is 6.54 Å². The number of nitrogens with one attached hydrogen (secondary N) is 2. The largest absolute Gasteiger partial charge is 0.358 e. The quantitative estimate of drug-likeness (QED) is 0.714. The lowest BCUT2D eigenvalue weighted by Crippen LogP contribution is -2.43. The van der Waals surface area contributed by atoms with Crippen molar-refractivity contribution in [2.24, 2.45) is 11.8 Å². The van der Waals surface area contributed by atoms with Crippen molar-refractivity contribution >= 4 is 5.91 Å². The van der Waals surface area contributed by atoms with Crippen LogP contribution in [0.1, 0.15) is 33.1 Å². The van der Waals surface area contributed by atoms with E-state index < -0.39 is 0 Å². The maximum absolute atomic E-state index is 11.1. The van der Waals surface area contributed by atoms with E-state index in [2.05, 4.69) is 24.5 Å². The zero-order valence-electron chi connectivity index (χ0n) is 9.47. The molecule has 2 N–H and O–H groups in total. The third-order valence-corrected chi connectivity index (χ3v) is 3.24. The lowest BCUT2D eigenvalue weighted by Gasteiger charge is -2.33. The summed E-state index contributed by atoms with van der Waals surface area (Å²) in [5.74, 6) is 1.63. The minimum absolute atomic E-state index is 0.0795. The van der Waals surface area contributed by atoms with Gasteiger partial charge < -0.3 is 10.6 Å². The highest BCUT2D eigenvalue weighted by Gasteiger charge is 2.24. The van der Waals surface area contributed by atoms with Crippen LogP contribution in [0.4, 0.5) is 0 Å². The highest BCUT2D eigenvalue weighted by atomic mass is 16.1. The summed E-state index contributed by atoms with van der Waals surface area (Å²) < 4.78 is 0. The number of carbonyl (C=O) groups is 1. The lowest BCUT2D eigenvalue weighted by molar-refractivity contribution is -0.120. The second-order valence-corrected chi connectivity index (χ2v) is 4.56. The van der Waals surface area contributed by atoms with E-state index in [0.717, 1.165) is 5.92 Å². The molecule has 1 amide bonds. The molecule has 3 nitrogen and oxygen atoms in total. The SMILES string of the molecule is CNC(=O)CNC1CCC(C)CC1C. The van der Waals surface area contributed by atoms with Gasteiger partial charge in [0.15, 0.2) is 0 Å². The molecule has 0 aromatic rings. The minimum Gasteiger partial charge on any atom is -0.358 e. The highest BCUT2D eigenvalue weighted by molar-refractivity contribution is 5.77. The Balaban J connectivity index is 2.27. The van der Waals surface area contributed by atoms with E-state index in [-0.39, 0.29) is 5.91 Å². The van der Waals surface area contributed by atoms with Crippen molar-refractivity contribution < 1.29 is 4.79 Å². The summed E-state index contributed by atoms with van der Waals surface area (Å²) in [4.78, 5) is 11.1. The van der Waals surface area contributed by atoms with E-state index in [1.165, 1.54) is 19.3 Å². The van der Waals surface area contributed by atoms with Crippen LogP contribution in [0.5, 0.6) is 0 Å². The minimum atomic E-state index is 0.0795. The fraction of sp³-hybridized carbons (Fsp3) is 0.909. The number of carbonyl (C=O) groups excluding carboxylic acids is 1. The summed E-state index contributed by atoms with van der Waals surface area (Å²) >= 11 is 0. The average Bonchev–Trinajstić information content (AvgIpc) is 2.16. The van der Waals surface area contributed by atoms with Crippen molar-refractivity contribution in [2.45, 2.75) is 39.2 Å². The first-order chi connectivity index (χ1) is 6.63. The third kappa shape index (κ3) is 3.29. The Morgan fingerprint density at radius 1 is 1.36 bits per heavy atom. The molecule has 1 saturated carbocycles. The van der Waals surface area contributed by atoms with Crippen LogP contribution in [0.3, 0.4) is 0 Å². The molecule has 3 unspecified atom stereocenters. The van der Waals surface area contributed by atoms with Gasteiger partial charge in [0, 0.05) is 13.1 Å². The summed E-state index contributed by atoms with van der Waals surface area (Å²) in [5, 5.41) is 5.96. The van der Waals surface area contributed by atoms with Crippen LogP contribution in [-0.2, 0) is 4.79 Å². The van der Waals surface area contributed by atoms with E-state index in [9.17, 15) is 4.79 Å². The number of rotatable bonds is 3. The Morgan fingerprint density at radius 2 is 2.07 bits per heavy atom. The van der Waals surface area contributed by atoms with Gasteiger partial charge in [0.1, 0.15) is 0 Å². The topological polar surface area (TPSA) is 41.1 Å². The van der Waals surface area contributed by atoms with Crippen molar-refractivity contribution in [1.29, 1.82) is 0 Å². The van der Waals surface area contributed by atoms with Gasteiger partial charge >= 0.3 is 0 Å². The first-order valence-corrected chi connectivity index (χ1v) is 5.57. The maximum Gasteiger partial charge on any atom is 0.233 e. The average molecular weight is 198 g/mol. The second-order valence-electron chi connectivity index (χ2n) is 4.56. The van der Waals surface area contributed by atoms with Crippen LogP contribution in [0.2, 0.25) is 0 Å². The van der Waals surface area contributed by atoms with Crippen LogP contribution in [0.15, 0.2) is 0 Å². The monoisotopic (exact) mass is 198 g/mol. The Labute approximate surface area is 86.6 Å². The van der Waals surface area contributed by atoms with Gasteiger partial charge in [-0.2, -0.15) is 0 Å². The van der Waals surface area contributed by atoms with Crippen molar-refractivity contribution in [3.8, 4) is 0 Å². The predicted molar refractivity (Wildman–Crippen MR) is 58.0 cm³/mol.